The Bertz CT molecular complexity index is 257. The van der Waals surface area contributed by atoms with E-state index in [9.17, 15) is 0 Å². The van der Waals surface area contributed by atoms with E-state index in [1.807, 2.05) is 0 Å². The highest BCUT2D eigenvalue weighted by atomic mass is 15.1. The predicted octanol–water partition coefficient (Wildman–Crippen LogP) is 1.17. The monoisotopic (exact) mass is 176 g/mol. The topological polar surface area (TPSA) is 4.44 Å². The van der Waals surface area contributed by atoms with Gasteiger partial charge in [0.15, 0.2) is 0 Å². The summed E-state index contributed by atoms with van der Waals surface area (Å²) >= 11 is 0. The van der Waals surface area contributed by atoms with Crippen LogP contribution >= 0.6 is 0 Å². The van der Waals surface area contributed by atoms with Crippen molar-refractivity contribution in [2.24, 2.45) is 0 Å². The Morgan fingerprint density at radius 2 is 1.69 bits per heavy atom. The molecule has 1 fully saturated rings. The van der Waals surface area contributed by atoms with Gasteiger partial charge in [-0.05, 0) is 6.92 Å². The molecule has 1 aliphatic heterocycles. The largest absolute Gasteiger partial charge is 0.331 e. The van der Waals surface area contributed by atoms with Crippen LogP contribution in [-0.4, -0.2) is 13.1 Å². The summed E-state index contributed by atoms with van der Waals surface area (Å²) in [5.41, 5.74) is 2.85. The van der Waals surface area contributed by atoms with Crippen LogP contribution in [0.4, 0.5) is 0 Å². The van der Waals surface area contributed by atoms with Crippen LogP contribution in [0.1, 0.15) is 24.0 Å². The lowest BCUT2D eigenvalue weighted by atomic mass is 10.1. The minimum absolute atomic E-state index is 1.22. The second-order valence-electron chi connectivity index (χ2n) is 4.12. The summed E-state index contributed by atoms with van der Waals surface area (Å²) in [7, 11) is 0. The van der Waals surface area contributed by atoms with E-state index < -0.39 is 0 Å². The Balaban J connectivity index is 1.97. The smallest absolute Gasteiger partial charge is 0.103 e. The van der Waals surface area contributed by atoms with Crippen LogP contribution in [0, 0.1) is 6.92 Å². The van der Waals surface area contributed by atoms with Crippen molar-refractivity contribution in [2.45, 2.75) is 26.3 Å². The van der Waals surface area contributed by atoms with Gasteiger partial charge < -0.3 is 4.90 Å². The number of hydrogen-bond donors (Lipinski definition) is 1. The molecule has 0 aliphatic carbocycles. The van der Waals surface area contributed by atoms with E-state index in [0.29, 0.717) is 0 Å². The van der Waals surface area contributed by atoms with Gasteiger partial charge in [0.25, 0.3) is 0 Å². The number of hydrogen-bond acceptors (Lipinski definition) is 0. The van der Waals surface area contributed by atoms with Crippen LogP contribution in [-0.2, 0) is 6.54 Å². The van der Waals surface area contributed by atoms with Gasteiger partial charge in [0.05, 0.1) is 13.1 Å². The normalized spacial score (nSPS) is 17.9. The number of benzene rings is 1. The Morgan fingerprint density at radius 1 is 1.08 bits per heavy atom. The van der Waals surface area contributed by atoms with E-state index in [2.05, 4.69) is 31.2 Å². The number of rotatable bonds is 2. The van der Waals surface area contributed by atoms with Gasteiger partial charge in [0, 0.05) is 18.4 Å². The fraction of sp³-hybridized carbons (Fsp3) is 0.500. The summed E-state index contributed by atoms with van der Waals surface area (Å²) in [5.74, 6) is 0. The molecule has 2 rings (SSSR count). The van der Waals surface area contributed by atoms with Crippen LogP contribution in [0.2, 0.25) is 0 Å². The van der Waals surface area contributed by atoms with E-state index in [1.165, 1.54) is 43.6 Å². The van der Waals surface area contributed by atoms with E-state index in [-0.39, 0.29) is 0 Å². The first-order chi connectivity index (χ1) is 6.34. The molecule has 0 bridgehead atoms. The molecule has 1 N–H and O–H groups in total. The summed E-state index contributed by atoms with van der Waals surface area (Å²) < 4.78 is 0. The molecule has 1 nitrogen and oxygen atoms in total. The van der Waals surface area contributed by atoms with Crippen molar-refractivity contribution in [3.63, 3.8) is 0 Å². The maximum Gasteiger partial charge on any atom is 0.103 e. The van der Waals surface area contributed by atoms with Crippen LogP contribution in [0.15, 0.2) is 24.3 Å². The molecule has 0 unspecified atom stereocenters. The minimum atomic E-state index is 1.22. The molecular weight excluding hydrogens is 158 g/mol. The van der Waals surface area contributed by atoms with Gasteiger partial charge in [0.2, 0.25) is 0 Å². The molecule has 0 atom stereocenters. The molecule has 0 spiro atoms. The molecule has 1 aromatic carbocycles. The van der Waals surface area contributed by atoms with Crippen molar-refractivity contribution in [2.75, 3.05) is 13.1 Å². The first-order valence-corrected chi connectivity index (χ1v) is 5.24. The number of aryl methyl sites for hydroxylation is 1. The molecule has 70 valence electrons. The van der Waals surface area contributed by atoms with Crippen molar-refractivity contribution >= 4 is 0 Å². The van der Waals surface area contributed by atoms with Gasteiger partial charge in [-0.25, -0.2) is 0 Å². The zero-order chi connectivity index (χ0) is 9.10. The Labute approximate surface area is 80.4 Å². The molecule has 0 saturated carbocycles. The third kappa shape index (κ3) is 2.31. The third-order valence-electron chi connectivity index (χ3n) is 2.89. The number of likely N-dealkylation sites (tertiary alicyclic amines) is 1. The van der Waals surface area contributed by atoms with Gasteiger partial charge >= 0.3 is 0 Å². The van der Waals surface area contributed by atoms with Gasteiger partial charge in [-0.1, -0.05) is 29.8 Å². The third-order valence-corrected chi connectivity index (χ3v) is 2.89. The molecule has 1 heteroatoms. The number of quaternary nitrogens is 1. The van der Waals surface area contributed by atoms with Crippen LogP contribution in [0.5, 0.6) is 0 Å². The van der Waals surface area contributed by atoms with E-state index >= 15 is 0 Å². The molecule has 0 aromatic heterocycles. The van der Waals surface area contributed by atoms with Crippen molar-refractivity contribution in [3.8, 4) is 0 Å². The van der Waals surface area contributed by atoms with Crippen LogP contribution < -0.4 is 4.90 Å². The van der Waals surface area contributed by atoms with E-state index in [4.69, 9.17) is 0 Å². The van der Waals surface area contributed by atoms with Crippen molar-refractivity contribution in [3.05, 3.63) is 35.4 Å². The Hall–Kier alpha value is -0.820. The quantitative estimate of drug-likeness (QED) is 0.690. The summed E-state index contributed by atoms with van der Waals surface area (Å²) in [6.07, 6.45) is 2.84. The van der Waals surface area contributed by atoms with Gasteiger partial charge in [-0.3, -0.25) is 0 Å². The van der Waals surface area contributed by atoms with Crippen LogP contribution in [0.3, 0.4) is 0 Å². The second-order valence-corrected chi connectivity index (χ2v) is 4.12. The highest BCUT2D eigenvalue weighted by molar-refractivity contribution is 5.20. The minimum Gasteiger partial charge on any atom is -0.331 e. The van der Waals surface area contributed by atoms with Crippen molar-refractivity contribution in [1.82, 2.24) is 0 Å². The fourth-order valence-corrected chi connectivity index (χ4v) is 2.05. The summed E-state index contributed by atoms with van der Waals surface area (Å²) in [4.78, 5) is 1.75. The molecule has 0 amide bonds. The summed E-state index contributed by atoms with van der Waals surface area (Å²) in [6.45, 7) is 6.11. The molecule has 0 radical (unpaired) electrons. The maximum absolute atomic E-state index is 2.26. The van der Waals surface area contributed by atoms with Crippen LogP contribution in [0.25, 0.3) is 0 Å². The molecule has 1 heterocycles. The molecule has 1 aromatic rings. The highest BCUT2D eigenvalue weighted by Gasteiger charge is 2.14. The summed E-state index contributed by atoms with van der Waals surface area (Å²) in [5, 5.41) is 0. The van der Waals surface area contributed by atoms with Gasteiger partial charge in [-0.2, -0.15) is 0 Å². The maximum atomic E-state index is 2.26. The molecule has 13 heavy (non-hydrogen) atoms. The molecular formula is C12H18N+. The van der Waals surface area contributed by atoms with Gasteiger partial charge in [-0.15, -0.1) is 0 Å². The van der Waals surface area contributed by atoms with Gasteiger partial charge in [0.1, 0.15) is 6.54 Å². The van der Waals surface area contributed by atoms with E-state index in [0.717, 1.165) is 0 Å². The average molecular weight is 176 g/mol. The lowest BCUT2D eigenvalue weighted by Gasteiger charge is -2.11. The number of nitrogens with one attached hydrogen (secondary N) is 1. The lowest BCUT2D eigenvalue weighted by molar-refractivity contribution is -0.901. The zero-order valence-electron chi connectivity index (χ0n) is 8.34. The standard InChI is InChI=1S/C12H17N/c1-11-4-6-12(7-5-11)10-13-8-2-3-9-13/h4-7H,2-3,8-10H2,1H3/p+1. The second kappa shape index (κ2) is 3.93. The summed E-state index contributed by atoms with van der Waals surface area (Å²) in [6, 6.07) is 8.96. The Morgan fingerprint density at radius 3 is 2.31 bits per heavy atom. The first kappa shape index (κ1) is 8.76. The average Bonchev–Trinajstić information content (AvgIpc) is 2.62. The Kier molecular flexibility index (Phi) is 2.65. The van der Waals surface area contributed by atoms with Crippen molar-refractivity contribution in [1.29, 1.82) is 0 Å². The molecule has 1 aliphatic rings. The predicted molar refractivity (Wildman–Crippen MR) is 54.8 cm³/mol. The van der Waals surface area contributed by atoms with Crippen molar-refractivity contribution < 1.29 is 4.90 Å². The fourth-order valence-electron chi connectivity index (χ4n) is 2.05. The highest BCUT2D eigenvalue weighted by Crippen LogP contribution is 2.02. The SMILES string of the molecule is Cc1ccc(C[NH+]2CCCC2)cc1. The first-order valence-electron chi connectivity index (χ1n) is 5.24. The van der Waals surface area contributed by atoms with E-state index in [1.54, 1.807) is 4.90 Å². The molecule has 1 saturated heterocycles. The lowest BCUT2D eigenvalue weighted by Crippen LogP contribution is -3.08. The zero-order valence-corrected chi connectivity index (χ0v) is 8.34.